The van der Waals surface area contributed by atoms with Gasteiger partial charge in [0.25, 0.3) is 5.91 Å². The quantitative estimate of drug-likeness (QED) is 0.845. The first-order valence-corrected chi connectivity index (χ1v) is 4.53. The molecular formula is C10H6F3N3O. The Hall–Kier alpha value is -2.31. The van der Waals surface area contributed by atoms with Crippen LogP contribution in [0.4, 0.5) is 19.0 Å². The van der Waals surface area contributed by atoms with Crippen molar-refractivity contribution in [1.29, 1.82) is 0 Å². The molecule has 1 aromatic carbocycles. The van der Waals surface area contributed by atoms with E-state index in [0.29, 0.717) is 12.1 Å². The highest BCUT2D eigenvalue weighted by Crippen LogP contribution is 2.16. The number of hydrogen-bond acceptors (Lipinski definition) is 2. The standard InChI is InChI=1S/C10H6F3N3O/c11-5-3-6(12)9(7(13)4-5)10(17)15-8-1-2-14-16-8/h1-4H,(H2,14,15,16,17). The van der Waals surface area contributed by atoms with Gasteiger partial charge in [-0.3, -0.25) is 9.89 Å². The minimum atomic E-state index is -1.26. The molecule has 1 amide bonds. The van der Waals surface area contributed by atoms with Crippen molar-refractivity contribution in [3.63, 3.8) is 0 Å². The Kier molecular flexibility index (Phi) is 2.82. The summed E-state index contributed by atoms with van der Waals surface area (Å²) in [5, 5.41) is 8.11. The van der Waals surface area contributed by atoms with Crippen LogP contribution in [-0.4, -0.2) is 16.1 Å². The van der Waals surface area contributed by atoms with E-state index in [1.54, 1.807) is 0 Å². The zero-order chi connectivity index (χ0) is 12.4. The first-order chi connectivity index (χ1) is 8.08. The molecule has 2 N–H and O–H groups in total. The average Bonchev–Trinajstić information content (AvgIpc) is 2.68. The second kappa shape index (κ2) is 4.28. The molecule has 0 aliphatic heterocycles. The number of amides is 1. The van der Waals surface area contributed by atoms with E-state index in [1.165, 1.54) is 12.3 Å². The van der Waals surface area contributed by atoms with Crippen LogP contribution in [0.5, 0.6) is 0 Å². The Labute approximate surface area is 93.5 Å². The third-order valence-corrected chi connectivity index (χ3v) is 1.98. The molecule has 0 atom stereocenters. The normalized spacial score (nSPS) is 10.3. The lowest BCUT2D eigenvalue weighted by Gasteiger charge is -2.05. The highest BCUT2D eigenvalue weighted by atomic mass is 19.1. The molecule has 4 nitrogen and oxygen atoms in total. The number of carbonyl (C=O) groups is 1. The predicted molar refractivity (Wildman–Crippen MR) is 52.9 cm³/mol. The van der Waals surface area contributed by atoms with Crippen molar-refractivity contribution in [2.75, 3.05) is 5.32 Å². The number of hydrogen-bond donors (Lipinski definition) is 2. The number of rotatable bonds is 2. The lowest BCUT2D eigenvalue weighted by Crippen LogP contribution is -2.16. The van der Waals surface area contributed by atoms with Gasteiger partial charge in [-0.15, -0.1) is 0 Å². The summed E-state index contributed by atoms with van der Waals surface area (Å²) in [4.78, 5) is 11.5. The summed E-state index contributed by atoms with van der Waals surface area (Å²) >= 11 is 0. The number of nitrogens with zero attached hydrogens (tertiary/aromatic N) is 1. The Balaban J connectivity index is 2.31. The van der Waals surface area contributed by atoms with Gasteiger partial charge < -0.3 is 5.32 Å². The van der Waals surface area contributed by atoms with Gasteiger partial charge in [-0.2, -0.15) is 5.10 Å². The monoisotopic (exact) mass is 241 g/mol. The molecule has 0 saturated carbocycles. The molecule has 88 valence electrons. The molecule has 0 aliphatic carbocycles. The van der Waals surface area contributed by atoms with Crippen LogP contribution < -0.4 is 5.32 Å². The summed E-state index contributed by atoms with van der Waals surface area (Å²) in [6, 6.07) is 2.27. The molecule has 0 spiro atoms. The van der Waals surface area contributed by atoms with E-state index in [0.717, 1.165) is 0 Å². The number of halogens is 3. The van der Waals surface area contributed by atoms with Gasteiger partial charge in [0.15, 0.2) is 0 Å². The van der Waals surface area contributed by atoms with Crippen LogP contribution in [-0.2, 0) is 0 Å². The number of aromatic amines is 1. The van der Waals surface area contributed by atoms with Gasteiger partial charge in [0, 0.05) is 18.2 Å². The molecule has 0 radical (unpaired) electrons. The van der Waals surface area contributed by atoms with E-state index < -0.39 is 28.9 Å². The van der Waals surface area contributed by atoms with Crippen molar-refractivity contribution in [1.82, 2.24) is 10.2 Å². The maximum atomic E-state index is 13.2. The van der Waals surface area contributed by atoms with Gasteiger partial charge in [0.05, 0.1) is 6.20 Å². The minimum Gasteiger partial charge on any atom is -0.307 e. The molecule has 7 heteroatoms. The van der Waals surface area contributed by atoms with Crippen molar-refractivity contribution < 1.29 is 18.0 Å². The fraction of sp³-hybridized carbons (Fsp3) is 0. The van der Waals surface area contributed by atoms with E-state index in [4.69, 9.17) is 0 Å². The summed E-state index contributed by atoms with van der Waals surface area (Å²) in [6.07, 6.45) is 1.35. The molecule has 0 fully saturated rings. The molecule has 1 heterocycles. The number of aromatic nitrogens is 2. The van der Waals surface area contributed by atoms with E-state index in [9.17, 15) is 18.0 Å². The van der Waals surface area contributed by atoms with Crippen molar-refractivity contribution in [2.24, 2.45) is 0 Å². The number of nitrogens with one attached hydrogen (secondary N) is 2. The van der Waals surface area contributed by atoms with Crippen LogP contribution in [0.3, 0.4) is 0 Å². The van der Waals surface area contributed by atoms with E-state index >= 15 is 0 Å². The fourth-order valence-corrected chi connectivity index (χ4v) is 1.27. The highest BCUT2D eigenvalue weighted by Gasteiger charge is 2.19. The summed E-state index contributed by atoms with van der Waals surface area (Å²) in [5.74, 6) is -4.46. The number of H-pyrrole nitrogens is 1. The van der Waals surface area contributed by atoms with Gasteiger partial charge in [-0.05, 0) is 0 Å². The van der Waals surface area contributed by atoms with Crippen LogP contribution in [0.15, 0.2) is 24.4 Å². The van der Waals surface area contributed by atoms with E-state index in [1.807, 2.05) is 0 Å². The molecule has 2 rings (SSSR count). The molecule has 1 aromatic heterocycles. The predicted octanol–water partition coefficient (Wildman–Crippen LogP) is 2.08. The smallest absolute Gasteiger partial charge is 0.262 e. The summed E-state index contributed by atoms with van der Waals surface area (Å²) in [7, 11) is 0. The number of anilines is 1. The van der Waals surface area contributed by atoms with Crippen LogP contribution in [0.1, 0.15) is 10.4 Å². The summed E-state index contributed by atoms with van der Waals surface area (Å²) in [6.45, 7) is 0. The zero-order valence-corrected chi connectivity index (χ0v) is 8.30. The number of benzene rings is 1. The Morgan fingerprint density at radius 2 is 1.88 bits per heavy atom. The van der Waals surface area contributed by atoms with Gasteiger partial charge >= 0.3 is 0 Å². The largest absolute Gasteiger partial charge is 0.307 e. The minimum absolute atomic E-state index is 0.179. The highest BCUT2D eigenvalue weighted by molar-refractivity contribution is 6.04. The summed E-state index contributed by atoms with van der Waals surface area (Å²) < 4.78 is 39.1. The van der Waals surface area contributed by atoms with Gasteiger partial charge in [-0.25, -0.2) is 13.2 Å². The number of carbonyl (C=O) groups excluding carboxylic acids is 1. The molecule has 0 aliphatic rings. The van der Waals surface area contributed by atoms with Gasteiger partial charge in [0.2, 0.25) is 0 Å². The lowest BCUT2D eigenvalue weighted by molar-refractivity contribution is 0.101. The Bertz CT molecular complexity index is 531. The third-order valence-electron chi connectivity index (χ3n) is 1.98. The zero-order valence-electron chi connectivity index (χ0n) is 8.30. The van der Waals surface area contributed by atoms with Crippen LogP contribution >= 0.6 is 0 Å². The summed E-state index contributed by atoms with van der Waals surface area (Å²) in [5.41, 5.74) is -0.846. The molecule has 17 heavy (non-hydrogen) atoms. The molecule has 2 aromatic rings. The average molecular weight is 241 g/mol. The van der Waals surface area contributed by atoms with Crippen molar-refractivity contribution in [2.45, 2.75) is 0 Å². The van der Waals surface area contributed by atoms with Crippen LogP contribution in [0, 0.1) is 17.5 Å². The topological polar surface area (TPSA) is 57.8 Å². The first-order valence-electron chi connectivity index (χ1n) is 4.53. The first kappa shape index (κ1) is 11.2. The van der Waals surface area contributed by atoms with Crippen LogP contribution in [0.2, 0.25) is 0 Å². The Morgan fingerprint density at radius 1 is 1.24 bits per heavy atom. The van der Waals surface area contributed by atoms with Crippen molar-refractivity contribution >= 4 is 11.7 Å². The molecule has 0 unspecified atom stereocenters. The van der Waals surface area contributed by atoms with Gasteiger partial charge in [-0.1, -0.05) is 0 Å². The maximum absolute atomic E-state index is 13.2. The van der Waals surface area contributed by atoms with Crippen molar-refractivity contribution in [3.05, 3.63) is 47.4 Å². The second-order valence-corrected chi connectivity index (χ2v) is 3.17. The van der Waals surface area contributed by atoms with Gasteiger partial charge in [0.1, 0.15) is 28.8 Å². The molecule has 0 bridgehead atoms. The lowest BCUT2D eigenvalue weighted by atomic mass is 10.2. The Morgan fingerprint density at radius 3 is 2.41 bits per heavy atom. The molecular weight excluding hydrogens is 235 g/mol. The van der Waals surface area contributed by atoms with Crippen molar-refractivity contribution in [3.8, 4) is 0 Å². The SMILES string of the molecule is O=C(Nc1ccn[nH]1)c1c(F)cc(F)cc1F. The fourth-order valence-electron chi connectivity index (χ4n) is 1.27. The third kappa shape index (κ3) is 2.27. The van der Waals surface area contributed by atoms with E-state index in [2.05, 4.69) is 15.5 Å². The maximum Gasteiger partial charge on any atom is 0.262 e. The second-order valence-electron chi connectivity index (χ2n) is 3.17. The van der Waals surface area contributed by atoms with E-state index in [-0.39, 0.29) is 5.82 Å². The van der Waals surface area contributed by atoms with Crippen LogP contribution in [0.25, 0.3) is 0 Å². The molecule has 0 saturated heterocycles.